The Morgan fingerprint density at radius 3 is 2.80 bits per heavy atom. The SMILES string of the molecule is CN=C(NCc1nc(-c2cccc(Cl)c2)no1)NCc1cccs1.I. The summed E-state index contributed by atoms with van der Waals surface area (Å²) in [6, 6.07) is 11.4. The van der Waals surface area contributed by atoms with E-state index < -0.39 is 0 Å². The maximum Gasteiger partial charge on any atom is 0.246 e. The van der Waals surface area contributed by atoms with E-state index in [1.807, 2.05) is 23.6 Å². The molecule has 0 unspecified atom stereocenters. The molecule has 132 valence electrons. The van der Waals surface area contributed by atoms with E-state index in [0.29, 0.717) is 29.2 Å². The van der Waals surface area contributed by atoms with Crippen molar-refractivity contribution >= 4 is 52.9 Å². The molecule has 0 fully saturated rings. The Kier molecular flexibility index (Phi) is 7.66. The summed E-state index contributed by atoms with van der Waals surface area (Å²) in [6.45, 7) is 1.10. The Hall–Kier alpha value is -1.65. The summed E-state index contributed by atoms with van der Waals surface area (Å²) in [4.78, 5) is 9.76. The van der Waals surface area contributed by atoms with Crippen LogP contribution in [0, 0.1) is 0 Å². The van der Waals surface area contributed by atoms with Crippen molar-refractivity contribution in [2.45, 2.75) is 13.1 Å². The van der Waals surface area contributed by atoms with Gasteiger partial charge >= 0.3 is 0 Å². The fourth-order valence-electron chi connectivity index (χ4n) is 2.04. The van der Waals surface area contributed by atoms with E-state index >= 15 is 0 Å². The summed E-state index contributed by atoms with van der Waals surface area (Å²) in [5, 5.41) is 13.0. The molecule has 3 aromatic rings. The van der Waals surface area contributed by atoms with Gasteiger partial charge < -0.3 is 15.2 Å². The molecule has 0 spiro atoms. The molecule has 0 bridgehead atoms. The van der Waals surface area contributed by atoms with Gasteiger partial charge in [0, 0.05) is 22.5 Å². The Bertz CT molecular complexity index is 822. The number of rotatable bonds is 5. The number of aliphatic imine (C=N–C) groups is 1. The maximum atomic E-state index is 5.98. The molecule has 6 nitrogen and oxygen atoms in total. The molecule has 3 rings (SSSR count). The van der Waals surface area contributed by atoms with Crippen molar-refractivity contribution in [3.05, 3.63) is 57.6 Å². The summed E-state index contributed by atoms with van der Waals surface area (Å²) in [5.74, 6) is 1.66. The topological polar surface area (TPSA) is 75.3 Å². The van der Waals surface area contributed by atoms with Gasteiger partial charge in [0.15, 0.2) is 5.96 Å². The molecular weight excluding hydrogens is 473 g/mol. The monoisotopic (exact) mass is 489 g/mol. The Morgan fingerprint density at radius 1 is 1.24 bits per heavy atom. The van der Waals surface area contributed by atoms with Crippen LogP contribution in [0.2, 0.25) is 5.02 Å². The molecule has 0 amide bonds. The van der Waals surface area contributed by atoms with E-state index in [4.69, 9.17) is 16.1 Å². The van der Waals surface area contributed by atoms with Crippen molar-refractivity contribution in [1.29, 1.82) is 0 Å². The van der Waals surface area contributed by atoms with Gasteiger partial charge in [-0.15, -0.1) is 35.3 Å². The zero-order valence-corrected chi connectivity index (χ0v) is 17.3. The van der Waals surface area contributed by atoms with Crippen LogP contribution in [0.4, 0.5) is 0 Å². The third-order valence-electron chi connectivity index (χ3n) is 3.19. The van der Waals surface area contributed by atoms with Gasteiger partial charge in [-0.3, -0.25) is 4.99 Å². The van der Waals surface area contributed by atoms with Crippen molar-refractivity contribution in [1.82, 2.24) is 20.8 Å². The fraction of sp³-hybridized carbons (Fsp3) is 0.188. The van der Waals surface area contributed by atoms with Crippen LogP contribution in [0.3, 0.4) is 0 Å². The van der Waals surface area contributed by atoms with E-state index in [1.165, 1.54) is 4.88 Å². The third kappa shape index (κ3) is 5.68. The lowest BCUT2D eigenvalue weighted by molar-refractivity contribution is 0.375. The second kappa shape index (κ2) is 9.73. The molecule has 0 saturated carbocycles. The van der Waals surface area contributed by atoms with Crippen LogP contribution < -0.4 is 10.6 Å². The van der Waals surface area contributed by atoms with Crippen LogP contribution in [0.5, 0.6) is 0 Å². The second-order valence-electron chi connectivity index (χ2n) is 4.88. The molecule has 25 heavy (non-hydrogen) atoms. The van der Waals surface area contributed by atoms with Crippen LogP contribution >= 0.6 is 46.9 Å². The first-order valence-corrected chi connectivity index (χ1v) is 8.56. The van der Waals surface area contributed by atoms with Crippen molar-refractivity contribution in [2.75, 3.05) is 7.05 Å². The summed E-state index contributed by atoms with van der Waals surface area (Å²) in [5.41, 5.74) is 0.817. The Morgan fingerprint density at radius 2 is 2.08 bits per heavy atom. The highest BCUT2D eigenvalue weighted by Gasteiger charge is 2.09. The van der Waals surface area contributed by atoms with Crippen LogP contribution in [0.15, 0.2) is 51.3 Å². The van der Waals surface area contributed by atoms with E-state index in [1.54, 1.807) is 30.5 Å². The van der Waals surface area contributed by atoms with E-state index in [0.717, 1.165) is 12.1 Å². The molecule has 0 aliphatic heterocycles. The van der Waals surface area contributed by atoms with Gasteiger partial charge in [0.25, 0.3) is 0 Å². The predicted octanol–water partition coefficient (Wildman–Crippen LogP) is 3.93. The zero-order chi connectivity index (χ0) is 16.8. The van der Waals surface area contributed by atoms with Crippen LogP contribution in [0.1, 0.15) is 10.8 Å². The number of aromatic nitrogens is 2. The minimum Gasteiger partial charge on any atom is -0.352 e. The number of guanidine groups is 1. The van der Waals surface area contributed by atoms with Crippen LogP contribution in [0.25, 0.3) is 11.4 Å². The van der Waals surface area contributed by atoms with Crippen molar-refractivity contribution in [2.24, 2.45) is 4.99 Å². The van der Waals surface area contributed by atoms with Gasteiger partial charge in [-0.1, -0.05) is 35.0 Å². The number of halogens is 2. The Labute approximate surface area is 171 Å². The van der Waals surface area contributed by atoms with Crippen LogP contribution in [-0.4, -0.2) is 23.1 Å². The van der Waals surface area contributed by atoms with E-state index in [-0.39, 0.29) is 24.0 Å². The zero-order valence-electron chi connectivity index (χ0n) is 13.4. The van der Waals surface area contributed by atoms with Gasteiger partial charge in [0.2, 0.25) is 11.7 Å². The number of nitrogens with one attached hydrogen (secondary N) is 2. The van der Waals surface area contributed by atoms with Crippen molar-refractivity contribution in [3.63, 3.8) is 0 Å². The minimum atomic E-state index is 0. The summed E-state index contributed by atoms with van der Waals surface area (Å²) >= 11 is 7.67. The molecule has 0 aliphatic rings. The number of thiophene rings is 1. The molecule has 0 saturated heterocycles. The van der Waals surface area contributed by atoms with Gasteiger partial charge in [-0.2, -0.15) is 4.98 Å². The molecule has 0 atom stereocenters. The maximum absolute atomic E-state index is 5.98. The fourth-order valence-corrected chi connectivity index (χ4v) is 2.87. The lowest BCUT2D eigenvalue weighted by atomic mass is 10.2. The summed E-state index contributed by atoms with van der Waals surface area (Å²) in [6.07, 6.45) is 0. The Balaban J connectivity index is 0.00000225. The molecule has 0 radical (unpaired) electrons. The first-order chi connectivity index (χ1) is 11.7. The number of benzene rings is 1. The molecule has 2 heterocycles. The number of hydrogen-bond acceptors (Lipinski definition) is 5. The van der Waals surface area contributed by atoms with Gasteiger partial charge in [0.05, 0.1) is 13.1 Å². The van der Waals surface area contributed by atoms with Gasteiger partial charge in [-0.25, -0.2) is 0 Å². The third-order valence-corrected chi connectivity index (χ3v) is 4.30. The highest BCUT2D eigenvalue weighted by atomic mass is 127. The molecule has 1 aromatic carbocycles. The van der Waals surface area contributed by atoms with Gasteiger partial charge in [-0.05, 0) is 23.6 Å². The molecule has 2 N–H and O–H groups in total. The lowest BCUT2D eigenvalue weighted by Gasteiger charge is -2.09. The largest absolute Gasteiger partial charge is 0.352 e. The average molecular weight is 490 g/mol. The van der Waals surface area contributed by atoms with Crippen molar-refractivity contribution in [3.8, 4) is 11.4 Å². The standard InChI is InChI=1S/C16H16ClN5OS.HI/c1-18-16(19-9-13-6-3-7-24-13)20-10-14-21-15(22-23-14)11-4-2-5-12(17)8-11;/h2-8H,9-10H2,1H3,(H2,18,19,20);1H. The smallest absolute Gasteiger partial charge is 0.246 e. The summed E-state index contributed by atoms with van der Waals surface area (Å²) < 4.78 is 5.26. The summed E-state index contributed by atoms with van der Waals surface area (Å²) in [7, 11) is 1.72. The number of nitrogens with zero attached hydrogens (tertiary/aromatic N) is 3. The average Bonchev–Trinajstić information content (AvgIpc) is 3.27. The predicted molar refractivity (Wildman–Crippen MR) is 112 cm³/mol. The molecule has 9 heteroatoms. The molecule has 0 aliphatic carbocycles. The van der Waals surface area contributed by atoms with Crippen molar-refractivity contribution < 1.29 is 4.52 Å². The van der Waals surface area contributed by atoms with E-state index in [2.05, 4.69) is 31.8 Å². The van der Waals surface area contributed by atoms with Gasteiger partial charge in [0.1, 0.15) is 0 Å². The quantitative estimate of drug-likeness (QED) is 0.323. The first-order valence-electron chi connectivity index (χ1n) is 7.30. The molecular formula is C16H17ClIN5OS. The molecule has 2 aromatic heterocycles. The normalized spacial score (nSPS) is 11.0. The van der Waals surface area contributed by atoms with Crippen LogP contribution in [-0.2, 0) is 13.1 Å². The highest BCUT2D eigenvalue weighted by molar-refractivity contribution is 14.0. The van der Waals surface area contributed by atoms with E-state index in [9.17, 15) is 0 Å². The first kappa shape index (κ1) is 19.7. The lowest BCUT2D eigenvalue weighted by Crippen LogP contribution is -2.36. The highest BCUT2D eigenvalue weighted by Crippen LogP contribution is 2.19. The minimum absolute atomic E-state index is 0. The second-order valence-corrected chi connectivity index (χ2v) is 6.35. The number of hydrogen-bond donors (Lipinski definition) is 2.